The smallest absolute Gasteiger partial charge is 0.110 e. The van der Waals surface area contributed by atoms with Crippen molar-refractivity contribution in [3.8, 4) is 0 Å². The molecule has 1 atom stereocenters. The van der Waals surface area contributed by atoms with Gasteiger partial charge in [-0.3, -0.25) is 0 Å². The lowest BCUT2D eigenvalue weighted by atomic mass is 10.4. The third-order valence-electron chi connectivity index (χ3n) is 2.08. The molecule has 0 bridgehead atoms. The van der Waals surface area contributed by atoms with Crippen LogP contribution < -0.4 is 5.30 Å². The molecule has 0 spiro atoms. The summed E-state index contributed by atoms with van der Waals surface area (Å²) < 4.78 is 12.5. The average molecular weight is 226 g/mol. The Kier molecular flexibility index (Phi) is 3.39. The summed E-state index contributed by atoms with van der Waals surface area (Å²) in [4.78, 5) is 0. The molecule has 1 rings (SSSR count). The van der Waals surface area contributed by atoms with Gasteiger partial charge in [0.05, 0.1) is 8.07 Å². The molecule has 0 aromatic heterocycles. The van der Waals surface area contributed by atoms with Crippen LogP contribution in [0.3, 0.4) is 0 Å². The van der Waals surface area contributed by atoms with Crippen LogP contribution in [0, 0.1) is 0 Å². The van der Waals surface area contributed by atoms with Gasteiger partial charge in [0, 0.05) is 5.30 Å². The van der Waals surface area contributed by atoms with Crippen LogP contribution in [0.2, 0.25) is 19.6 Å². The van der Waals surface area contributed by atoms with Gasteiger partial charge in [0.2, 0.25) is 0 Å². The van der Waals surface area contributed by atoms with E-state index < -0.39 is 15.2 Å². The number of hydrogen-bond donors (Lipinski definition) is 0. The number of rotatable bonds is 3. The maximum atomic E-state index is 12.5. The standard InChI is InChI=1S/C11H19OPSi/c1-13(12,10-14(2,3)4)11-8-6-5-7-9-11/h5-9H,10H2,1-4H3. The van der Waals surface area contributed by atoms with E-state index >= 15 is 0 Å². The zero-order valence-electron chi connectivity index (χ0n) is 9.45. The Balaban J connectivity index is 2.93. The molecular formula is C11H19OPSi. The Morgan fingerprint density at radius 1 is 1.14 bits per heavy atom. The monoisotopic (exact) mass is 226 g/mol. The van der Waals surface area contributed by atoms with Gasteiger partial charge in [0.1, 0.15) is 7.14 Å². The minimum atomic E-state index is -2.10. The van der Waals surface area contributed by atoms with Crippen molar-refractivity contribution in [2.45, 2.75) is 19.6 Å². The molecule has 0 saturated carbocycles. The van der Waals surface area contributed by atoms with Crippen molar-refractivity contribution in [1.29, 1.82) is 0 Å². The quantitative estimate of drug-likeness (QED) is 0.571. The van der Waals surface area contributed by atoms with E-state index in [0.717, 1.165) is 11.1 Å². The highest BCUT2D eigenvalue weighted by atomic mass is 31.2. The molecule has 0 amide bonds. The van der Waals surface area contributed by atoms with Crippen molar-refractivity contribution in [3.05, 3.63) is 30.3 Å². The van der Waals surface area contributed by atoms with Crippen LogP contribution in [-0.2, 0) is 4.57 Å². The predicted octanol–water partition coefficient (Wildman–Crippen LogP) is 3.18. The lowest BCUT2D eigenvalue weighted by molar-refractivity contribution is 0.587. The Hall–Kier alpha value is -0.333. The minimum absolute atomic E-state index is 0.907. The van der Waals surface area contributed by atoms with Gasteiger partial charge in [0.25, 0.3) is 0 Å². The summed E-state index contributed by atoms with van der Waals surface area (Å²) >= 11 is 0. The van der Waals surface area contributed by atoms with Crippen molar-refractivity contribution in [2.75, 3.05) is 12.5 Å². The van der Waals surface area contributed by atoms with E-state index in [1.54, 1.807) is 0 Å². The normalized spacial score (nSPS) is 16.3. The van der Waals surface area contributed by atoms with Gasteiger partial charge in [-0.2, -0.15) is 0 Å². The maximum Gasteiger partial charge on any atom is 0.110 e. The second-order valence-electron chi connectivity index (χ2n) is 5.16. The zero-order valence-corrected chi connectivity index (χ0v) is 11.3. The summed E-state index contributed by atoms with van der Waals surface area (Å²) in [7, 11) is -3.34. The Morgan fingerprint density at radius 3 is 2.07 bits per heavy atom. The Morgan fingerprint density at radius 2 is 1.64 bits per heavy atom. The first kappa shape index (κ1) is 11.7. The fraction of sp³-hybridized carbons (Fsp3) is 0.455. The Bertz CT molecular complexity index is 340. The first-order chi connectivity index (χ1) is 6.31. The minimum Gasteiger partial charge on any atom is -0.319 e. The van der Waals surface area contributed by atoms with Crippen LogP contribution in [0.4, 0.5) is 0 Å². The van der Waals surface area contributed by atoms with Gasteiger partial charge in [-0.1, -0.05) is 50.0 Å². The summed E-state index contributed by atoms with van der Waals surface area (Å²) in [6.45, 7) is 8.73. The maximum absolute atomic E-state index is 12.5. The molecule has 0 fully saturated rings. The van der Waals surface area contributed by atoms with Crippen LogP contribution in [0.1, 0.15) is 0 Å². The number of benzene rings is 1. The molecule has 0 aliphatic heterocycles. The van der Waals surface area contributed by atoms with E-state index in [4.69, 9.17) is 0 Å². The van der Waals surface area contributed by atoms with Crippen LogP contribution in [0.15, 0.2) is 30.3 Å². The third-order valence-corrected chi connectivity index (χ3v) is 9.68. The highest BCUT2D eigenvalue weighted by molar-refractivity contribution is 7.73. The first-order valence-electron chi connectivity index (χ1n) is 4.93. The van der Waals surface area contributed by atoms with Gasteiger partial charge in [-0.15, -0.1) is 0 Å². The molecule has 1 nitrogen and oxygen atoms in total. The zero-order chi connectivity index (χ0) is 10.8. The summed E-state index contributed by atoms with van der Waals surface area (Å²) in [5.41, 5.74) is 0. The van der Waals surface area contributed by atoms with Crippen LogP contribution in [-0.4, -0.2) is 20.5 Å². The second kappa shape index (κ2) is 4.04. The average Bonchev–Trinajstić information content (AvgIpc) is 2.01. The number of hydrogen-bond acceptors (Lipinski definition) is 1. The first-order valence-corrected chi connectivity index (χ1v) is 11.0. The van der Waals surface area contributed by atoms with E-state index in [0.29, 0.717) is 0 Å². The van der Waals surface area contributed by atoms with E-state index in [2.05, 4.69) is 19.6 Å². The summed E-state index contributed by atoms with van der Waals surface area (Å²) in [6, 6.07) is 9.88. The molecule has 0 aliphatic carbocycles. The summed E-state index contributed by atoms with van der Waals surface area (Å²) in [5, 5.41) is 1.03. The van der Waals surface area contributed by atoms with E-state index in [-0.39, 0.29) is 0 Å². The topological polar surface area (TPSA) is 17.1 Å². The van der Waals surface area contributed by atoms with Crippen molar-refractivity contribution in [3.63, 3.8) is 0 Å². The predicted molar refractivity (Wildman–Crippen MR) is 67.8 cm³/mol. The van der Waals surface area contributed by atoms with Crippen molar-refractivity contribution >= 4 is 20.5 Å². The van der Waals surface area contributed by atoms with Gasteiger partial charge >= 0.3 is 0 Å². The van der Waals surface area contributed by atoms with E-state index in [1.807, 2.05) is 37.0 Å². The third kappa shape index (κ3) is 3.43. The van der Waals surface area contributed by atoms with Gasteiger partial charge < -0.3 is 4.57 Å². The van der Waals surface area contributed by atoms with Gasteiger partial charge in [-0.05, 0) is 12.5 Å². The van der Waals surface area contributed by atoms with Crippen LogP contribution in [0.5, 0.6) is 0 Å². The Labute approximate surface area is 87.9 Å². The fourth-order valence-corrected chi connectivity index (χ4v) is 10.5. The molecule has 14 heavy (non-hydrogen) atoms. The molecule has 1 aromatic rings. The lowest BCUT2D eigenvalue weighted by Crippen LogP contribution is -2.28. The molecule has 1 aromatic carbocycles. The van der Waals surface area contributed by atoms with E-state index in [1.165, 1.54) is 0 Å². The molecular weight excluding hydrogens is 207 g/mol. The molecule has 1 unspecified atom stereocenters. The van der Waals surface area contributed by atoms with Crippen LogP contribution in [0.25, 0.3) is 0 Å². The highest BCUT2D eigenvalue weighted by Gasteiger charge is 2.26. The van der Waals surface area contributed by atoms with E-state index in [9.17, 15) is 4.57 Å². The molecule has 0 aliphatic rings. The molecule has 78 valence electrons. The summed E-state index contributed by atoms with van der Waals surface area (Å²) in [5.74, 6) is 0.907. The second-order valence-corrected chi connectivity index (χ2v) is 14.3. The SMILES string of the molecule is C[Si](C)(C)CP(C)(=O)c1ccccc1. The van der Waals surface area contributed by atoms with Crippen LogP contribution >= 0.6 is 7.14 Å². The highest BCUT2D eigenvalue weighted by Crippen LogP contribution is 2.42. The molecule has 0 heterocycles. The largest absolute Gasteiger partial charge is 0.319 e. The van der Waals surface area contributed by atoms with Gasteiger partial charge in [-0.25, -0.2) is 0 Å². The fourth-order valence-electron chi connectivity index (χ4n) is 1.74. The van der Waals surface area contributed by atoms with Crippen molar-refractivity contribution in [1.82, 2.24) is 0 Å². The van der Waals surface area contributed by atoms with Crippen molar-refractivity contribution < 1.29 is 4.57 Å². The van der Waals surface area contributed by atoms with Gasteiger partial charge in [0.15, 0.2) is 0 Å². The molecule has 0 N–H and O–H groups in total. The molecule has 0 saturated heterocycles. The molecule has 3 heteroatoms. The molecule has 0 radical (unpaired) electrons. The van der Waals surface area contributed by atoms with Crippen molar-refractivity contribution in [2.24, 2.45) is 0 Å². The summed E-state index contributed by atoms with van der Waals surface area (Å²) in [6.07, 6.45) is 0. The lowest BCUT2D eigenvalue weighted by Gasteiger charge is -2.22.